The number of carbonyl (C=O) groups excluding carboxylic acids is 1. The molecule has 1 radical (unpaired) electrons. The minimum atomic E-state index is -0.0446. The van der Waals surface area contributed by atoms with E-state index >= 15 is 0 Å². The maximum Gasteiger partial charge on any atom is 0.185 e. The first-order chi connectivity index (χ1) is 8.25. The fourth-order valence-electron chi connectivity index (χ4n) is 1.45. The largest absolute Gasteiger partial charge is 0.290 e. The fourth-order valence-corrected chi connectivity index (χ4v) is 1.45. The molecule has 0 aliphatic carbocycles. The van der Waals surface area contributed by atoms with E-state index < -0.39 is 0 Å². The van der Waals surface area contributed by atoms with Crippen LogP contribution in [0.1, 0.15) is 15.9 Å². The van der Waals surface area contributed by atoms with E-state index in [0.29, 0.717) is 5.56 Å². The van der Waals surface area contributed by atoms with Crippen molar-refractivity contribution in [3.8, 4) is 5.75 Å². The normalized spacial score (nSPS) is 10.6. The van der Waals surface area contributed by atoms with Gasteiger partial charge >= 0.3 is 0 Å². The number of allylic oxidation sites excluding steroid dienone is 1. The van der Waals surface area contributed by atoms with Gasteiger partial charge in [-0.05, 0) is 23.8 Å². The third-order valence-corrected chi connectivity index (χ3v) is 2.37. The molecule has 2 rings (SSSR count). The maximum absolute atomic E-state index is 11.7. The van der Waals surface area contributed by atoms with Crippen molar-refractivity contribution in [2.45, 2.75) is 0 Å². The van der Waals surface area contributed by atoms with E-state index in [4.69, 9.17) is 0 Å². The Morgan fingerprint density at radius 3 is 2.18 bits per heavy atom. The van der Waals surface area contributed by atoms with E-state index in [2.05, 4.69) is 0 Å². The molecule has 0 heterocycles. The summed E-state index contributed by atoms with van der Waals surface area (Å²) >= 11 is 0. The number of hydrogen-bond acceptors (Lipinski definition) is 1. The molecule has 2 nitrogen and oxygen atoms in total. The van der Waals surface area contributed by atoms with Crippen LogP contribution in [0.25, 0.3) is 6.08 Å². The molecule has 0 N–H and O–H groups in total. The monoisotopic (exact) mass is 223 g/mol. The highest BCUT2D eigenvalue weighted by molar-refractivity contribution is 6.06. The second-order valence-corrected chi connectivity index (χ2v) is 3.63. The van der Waals surface area contributed by atoms with E-state index in [-0.39, 0.29) is 11.5 Å². The predicted octanol–water partition coefficient (Wildman–Crippen LogP) is 3.73. The van der Waals surface area contributed by atoms with Crippen LogP contribution in [0.2, 0.25) is 0 Å². The zero-order valence-electron chi connectivity index (χ0n) is 9.17. The topological polar surface area (TPSA) is 37.0 Å². The standard InChI is InChI=1S/C15H11O2/c16-14-9-6-12(7-10-14)8-11-15(17)13-4-2-1-3-5-13/h1-11H/b11-8+. The summed E-state index contributed by atoms with van der Waals surface area (Å²) in [6.07, 6.45) is 3.21. The fraction of sp³-hybridized carbons (Fsp3) is 0. The Hall–Kier alpha value is -2.35. The van der Waals surface area contributed by atoms with Crippen molar-refractivity contribution in [2.75, 3.05) is 0 Å². The molecule has 0 saturated heterocycles. The van der Waals surface area contributed by atoms with Gasteiger partial charge in [-0.15, -0.1) is 0 Å². The molecule has 2 heteroatoms. The minimum Gasteiger partial charge on any atom is -0.290 e. The summed E-state index contributed by atoms with van der Waals surface area (Å²) in [5.74, 6) is -0.0756. The molecule has 0 saturated carbocycles. The molecule has 17 heavy (non-hydrogen) atoms. The Kier molecular flexibility index (Phi) is 3.36. The SMILES string of the molecule is [O]c1ccc(/C=C/C(=O)c2ccccc2)cc1. The van der Waals surface area contributed by atoms with Crippen LogP contribution in [0.4, 0.5) is 0 Å². The molecule has 0 atom stereocenters. The van der Waals surface area contributed by atoms with Crippen LogP contribution in [0.15, 0.2) is 60.7 Å². The summed E-state index contributed by atoms with van der Waals surface area (Å²) < 4.78 is 0. The van der Waals surface area contributed by atoms with E-state index in [1.807, 2.05) is 18.2 Å². The lowest BCUT2D eigenvalue weighted by Crippen LogP contribution is -1.92. The first kappa shape index (κ1) is 11.1. The molecule has 0 aliphatic rings. The van der Waals surface area contributed by atoms with Gasteiger partial charge in [0.15, 0.2) is 11.5 Å². The van der Waals surface area contributed by atoms with Crippen molar-refractivity contribution < 1.29 is 9.90 Å². The van der Waals surface area contributed by atoms with E-state index in [1.165, 1.54) is 18.2 Å². The summed E-state index contributed by atoms with van der Waals surface area (Å²) in [6.45, 7) is 0. The number of rotatable bonds is 3. The molecule has 0 unspecified atom stereocenters. The van der Waals surface area contributed by atoms with Gasteiger partial charge in [-0.2, -0.15) is 0 Å². The van der Waals surface area contributed by atoms with Crippen molar-refractivity contribution in [1.29, 1.82) is 0 Å². The van der Waals surface area contributed by atoms with Gasteiger partial charge < -0.3 is 0 Å². The first-order valence-corrected chi connectivity index (χ1v) is 5.30. The predicted molar refractivity (Wildman–Crippen MR) is 66.4 cm³/mol. The summed E-state index contributed by atoms with van der Waals surface area (Å²) in [6, 6.07) is 15.4. The Bertz CT molecular complexity index is 525. The van der Waals surface area contributed by atoms with E-state index in [1.54, 1.807) is 30.3 Å². The Morgan fingerprint density at radius 1 is 0.882 bits per heavy atom. The van der Waals surface area contributed by atoms with Gasteiger partial charge in [0.1, 0.15) is 0 Å². The highest BCUT2D eigenvalue weighted by Crippen LogP contribution is 2.12. The van der Waals surface area contributed by atoms with Crippen LogP contribution >= 0.6 is 0 Å². The summed E-state index contributed by atoms with van der Waals surface area (Å²) in [7, 11) is 0. The molecule has 83 valence electrons. The van der Waals surface area contributed by atoms with Crippen LogP contribution in [-0.2, 0) is 5.11 Å². The molecule has 0 amide bonds. The van der Waals surface area contributed by atoms with Crippen molar-refractivity contribution in [3.63, 3.8) is 0 Å². The Balaban J connectivity index is 2.11. The van der Waals surface area contributed by atoms with E-state index in [9.17, 15) is 9.90 Å². The lowest BCUT2D eigenvalue weighted by molar-refractivity contribution is 0.104. The number of ketones is 1. The molecule has 0 bridgehead atoms. The lowest BCUT2D eigenvalue weighted by atomic mass is 10.1. The highest BCUT2D eigenvalue weighted by atomic mass is 16.3. The zero-order valence-corrected chi connectivity index (χ0v) is 9.17. The molecule has 0 aromatic heterocycles. The zero-order chi connectivity index (χ0) is 12.1. The van der Waals surface area contributed by atoms with Gasteiger partial charge in [0, 0.05) is 5.56 Å². The summed E-state index contributed by atoms with van der Waals surface area (Å²) in [4.78, 5) is 11.7. The maximum atomic E-state index is 11.7. The van der Waals surface area contributed by atoms with Crippen LogP contribution in [0.3, 0.4) is 0 Å². The first-order valence-electron chi connectivity index (χ1n) is 5.30. The van der Waals surface area contributed by atoms with E-state index in [0.717, 1.165) is 5.56 Å². The highest BCUT2D eigenvalue weighted by Gasteiger charge is 1.99. The third kappa shape index (κ3) is 3.05. The molecule has 2 aromatic carbocycles. The molecule has 0 spiro atoms. The van der Waals surface area contributed by atoms with Gasteiger partial charge in [-0.25, -0.2) is 0 Å². The molecular formula is C15H11O2. The number of carbonyl (C=O) groups is 1. The summed E-state index contributed by atoms with van der Waals surface area (Å²) in [5, 5.41) is 10.9. The smallest absolute Gasteiger partial charge is 0.185 e. The van der Waals surface area contributed by atoms with Gasteiger partial charge in [0.05, 0.1) is 0 Å². The quantitative estimate of drug-likeness (QED) is 0.577. The van der Waals surface area contributed by atoms with Gasteiger partial charge in [-0.1, -0.05) is 48.5 Å². The Labute approximate surface area is 99.8 Å². The molecular weight excluding hydrogens is 212 g/mol. The van der Waals surface area contributed by atoms with Gasteiger partial charge in [0.25, 0.3) is 0 Å². The molecule has 2 aromatic rings. The summed E-state index contributed by atoms with van der Waals surface area (Å²) in [5.41, 5.74) is 1.50. The average Bonchev–Trinajstić information content (AvgIpc) is 2.39. The second kappa shape index (κ2) is 5.12. The molecule has 0 fully saturated rings. The van der Waals surface area contributed by atoms with Crippen molar-refractivity contribution in [1.82, 2.24) is 0 Å². The van der Waals surface area contributed by atoms with Crippen LogP contribution in [0, 0.1) is 0 Å². The van der Waals surface area contributed by atoms with Crippen molar-refractivity contribution >= 4 is 11.9 Å². The average molecular weight is 223 g/mol. The number of benzene rings is 2. The van der Waals surface area contributed by atoms with Gasteiger partial charge in [-0.3, -0.25) is 9.90 Å². The van der Waals surface area contributed by atoms with Crippen LogP contribution in [-0.4, -0.2) is 5.78 Å². The van der Waals surface area contributed by atoms with Crippen LogP contribution < -0.4 is 0 Å². The third-order valence-electron chi connectivity index (χ3n) is 2.37. The molecule has 0 aliphatic heterocycles. The van der Waals surface area contributed by atoms with Crippen molar-refractivity contribution in [3.05, 3.63) is 71.8 Å². The number of hydrogen-bond donors (Lipinski definition) is 0. The lowest BCUT2D eigenvalue weighted by Gasteiger charge is -1.95. The van der Waals surface area contributed by atoms with Gasteiger partial charge in [0.2, 0.25) is 0 Å². The van der Waals surface area contributed by atoms with Crippen LogP contribution in [0.5, 0.6) is 5.75 Å². The Morgan fingerprint density at radius 2 is 1.53 bits per heavy atom. The minimum absolute atomic E-state index is 0.0310. The van der Waals surface area contributed by atoms with Crippen molar-refractivity contribution in [2.24, 2.45) is 0 Å². The second-order valence-electron chi connectivity index (χ2n) is 3.63.